The Morgan fingerprint density at radius 3 is 2.56 bits per heavy atom. The molecule has 0 saturated carbocycles. The summed E-state index contributed by atoms with van der Waals surface area (Å²) in [5, 5.41) is 8.90. The lowest BCUT2D eigenvalue weighted by molar-refractivity contribution is -0.138. The van der Waals surface area contributed by atoms with Crippen molar-refractivity contribution in [3.05, 3.63) is 41.5 Å². The molecule has 1 rings (SSSR count). The number of unbranched alkanes of at least 4 members (excludes halogenated alkanes) is 2. The van der Waals surface area contributed by atoms with Gasteiger partial charge in [0.25, 0.3) is 0 Å². The number of benzene rings is 1. The molecule has 0 aromatic heterocycles. The summed E-state index contributed by atoms with van der Waals surface area (Å²) in [6.07, 6.45) is 7.39. The van der Waals surface area contributed by atoms with E-state index in [0.29, 0.717) is 0 Å². The van der Waals surface area contributed by atoms with Gasteiger partial charge in [0.15, 0.2) is 0 Å². The molecule has 0 saturated heterocycles. The maximum absolute atomic E-state index is 10.8. The van der Waals surface area contributed by atoms with Crippen LogP contribution in [-0.2, 0) is 4.79 Å². The number of carbonyl (C=O) groups is 1. The second-order valence-electron chi connectivity index (χ2n) is 4.41. The van der Waals surface area contributed by atoms with Gasteiger partial charge in [-0.15, -0.1) is 0 Å². The van der Waals surface area contributed by atoms with Crippen LogP contribution in [0.4, 0.5) is 0 Å². The summed E-state index contributed by atoms with van der Waals surface area (Å²) >= 11 is 0. The topological polar surface area (TPSA) is 63.3 Å². The SMILES string of the molecule is CC(C(=O)O)c1ccc(C=CCCCCN)cc1. The van der Waals surface area contributed by atoms with Crippen LogP contribution in [0.1, 0.15) is 43.2 Å². The van der Waals surface area contributed by atoms with E-state index in [2.05, 4.69) is 12.2 Å². The third kappa shape index (κ3) is 4.72. The average Bonchev–Trinajstić information content (AvgIpc) is 2.38. The number of aliphatic carboxylic acids is 1. The highest BCUT2D eigenvalue weighted by atomic mass is 16.4. The van der Waals surface area contributed by atoms with Gasteiger partial charge in [0, 0.05) is 0 Å². The molecule has 3 N–H and O–H groups in total. The zero-order valence-electron chi connectivity index (χ0n) is 10.8. The van der Waals surface area contributed by atoms with Gasteiger partial charge in [0.05, 0.1) is 5.92 Å². The van der Waals surface area contributed by atoms with Gasteiger partial charge in [-0.25, -0.2) is 0 Å². The quantitative estimate of drug-likeness (QED) is 0.728. The molecule has 3 heteroatoms. The molecule has 0 heterocycles. The maximum Gasteiger partial charge on any atom is 0.310 e. The molecule has 0 spiro atoms. The highest BCUT2D eigenvalue weighted by Crippen LogP contribution is 2.16. The Balaban J connectivity index is 2.52. The number of allylic oxidation sites excluding steroid dienone is 1. The highest BCUT2D eigenvalue weighted by molar-refractivity contribution is 5.75. The summed E-state index contributed by atoms with van der Waals surface area (Å²) in [7, 11) is 0. The fourth-order valence-electron chi connectivity index (χ4n) is 1.66. The van der Waals surface area contributed by atoms with Gasteiger partial charge < -0.3 is 10.8 Å². The third-order valence-corrected chi connectivity index (χ3v) is 2.94. The fourth-order valence-corrected chi connectivity index (χ4v) is 1.66. The molecule has 0 amide bonds. The first kappa shape index (κ1) is 14.5. The van der Waals surface area contributed by atoms with Gasteiger partial charge in [0.2, 0.25) is 0 Å². The molecule has 1 aromatic rings. The van der Waals surface area contributed by atoms with Crippen LogP contribution in [-0.4, -0.2) is 17.6 Å². The van der Waals surface area contributed by atoms with Crippen molar-refractivity contribution >= 4 is 12.0 Å². The van der Waals surface area contributed by atoms with Crippen molar-refractivity contribution in [2.75, 3.05) is 6.54 Å². The molecular weight excluding hydrogens is 226 g/mol. The average molecular weight is 247 g/mol. The minimum Gasteiger partial charge on any atom is -0.481 e. The molecular formula is C15H21NO2. The second-order valence-corrected chi connectivity index (χ2v) is 4.41. The van der Waals surface area contributed by atoms with Crippen LogP contribution in [0.3, 0.4) is 0 Å². The normalized spacial score (nSPS) is 12.8. The number of hydrogen-bond acceptors (Lipinski definition) is 2. The standard InChI is InChI=1S/C15H21NO2/c1-12(15(17)18)14-9-7-13(8-10-14)6-4-2-3-5-11-16/h4,6-10,12H,2-3,5,11,16H2,1H3,(H,17,18). The largest absolute Gasteiger partial charge is 0.481 e. The van der Waals surface area contributed by atoms with E-state index in [0.717, 1.165) is 36.9 Å². The molecule has 0 aliphatic heterocycles. The van der Waals surface area contributed by atoms with Gasteiger partial charge >= 0.3 is 5.97 Å². The second kappa shape index (κ2) is 7.67. The van der Waals surface area contributed by atoms with E-state index in [1.165, 1.54) is 0 Å². The van der Waals surface area contributed by atoms with E-state index in [1.807, 2.05) is 24.3 Å². The molecule has 0 radical (unpaired) electrons. The predicted molar refractivity (Wildman–Crippen MR) is 74.4 cm³/mol. The molecule has 18 heavy (non-hydrogen) atoms. The first-order valence-corrected chi connectivity index (χ1v) is 6.34. The zero-order chi connectivity index (χ0) is 13.4. The zero-order valence-corrected chi connectivity index (χ0v) is 10.8. The van der Waals surface area contributed by atoms with Gasteiger partial charge in [0.1, 0.15) is 0 Å². The van der Waals surface area contributed by atoms with Crippen LogP contribution >= 0.6 is 0 Å². The smallest absolute Gasteiger partial charge is 0.310 e. The van der Waals surface area contributed by atoms with Crippen molar-refractivity contribution in [1.29, 1.82) is 0 Å². The summed E-state index contributed by atoms with van der Waals surface area (Å²) in [5.41, 5.74) is 7.36. The summed E-state index contributed by atoms with van der Waals surface area (Å²) in [6, 6.07) is 7.65. The predicted octanol–water partition coefficient (Wildman–Crippen LogP) is 3.02. The van der Waals surface area contributed by atoms with Crippen molar-refractivity contribution in [2.45, 2.75) is 32.1 Å². The Morgan fingerprint density at radius 1 is 1.33 bits per heavy atom. The van der Waals surface area contributed by atoms with Crippen LogP contribution in [0, 0.1) is 0 Å². The van der Waals surface area contributed by atoms with Gasteiger partial charge in [-0.05, 0) is 43.9 Å². The van der Waals surface area contributed by atoms with Crippen LogP contribution < -0.4 is 5.73 Å². The summed E-state index contributed by atoms with van der Waals surface area (Å²) in [4.78, 5) is 10.8. The van der Waals surface area contributed by atoms with E-state index in [-0.39, 0.29) is 0 Å². The van der Waals surface area contributed by atoms with E-state index in [4.69, 9.17) is 10.8 Å². The van der Waals surface area contributed by atoms with E-state index in [1.54, 1.807) is 6.92 Å². The first-order chi connectivity index (χ1) is 8.65. The van der Waals surface area contributed by atoms with Crippen LogP contribution in [0.15, 0.2) is 30.3 Å². The number of hydrogen-bond donors (Lipinski definition) is 2. The Morgan fingerprint density at radius 2 is 2.00 bits per heavy atom. The third-order valence-electron chi connectivity index (χ3n) is 2.94. The fraction of sp³-hybridized carbons (Fsp3) is 0.400. The van der Waals surface area contributed by atoms with Crippen molar-refractivity contribution in [3.63, 3.8) is 0 Å². The van der Waals surface area contributed by atoms with Gasteiger partial charge in [-0.3, -0.25) is 4.79 Å². The van der Waals surface area contributed by atoms with E-state index >= 15 is 0 Å². The van der Waals surface area contributed by atoms with Crippen molar-refractivity contribution < 1.29 is 9.90 Å². The molecule has 0 aliphatic carbocycles. The monoisotopic (exact) mass is 247 g/mol. The lowest BCUT2D eigenvalue weighted by atomic mass is 10.00. The molecule has 1 atom stereocenters. The summed E-state index contributed by atoms with van der Waals surface area (Å²) < 4.78 is 0. The Hall–Kier alpha value is -1.61. The lowest BCUT2D eigenvalue weighted by Gasteiger charge is -2.06. The number of rotatable bonds is 7. The number of carboxylic acids is 1. The molecule has 0 aliphatic rings. The number of nitrogens with two attached hydrogens (primary N) is 1. The minimum absolute atomic E-state index is 0.451. The van der Waals surface area contributed by atoms with E-state index in [9.17, 15) is 4.79 Å². The summed E-state index contributed by atoms with van der Waals surface area (Å²) in [5.74, 6) is -1.24. The first-order valence-electron chi connectivity index (χ1n) is 6.34. The minimum atomic E-state index is -0.792. The van der Waals surface area contributed by atoms with Gasteiger partial charge in [-0.2, -0.15) is 0 Å². The Bertz CT molecular complexity index is 395. The molecule has 98 valence electrons. The lowest BCUT2D eigenvalue weighted by Crippen LogP contribution is -2.06. The molecule has 0 bridgehead atoms. The number of carboxylic acid groups (broad SMARTS) is 1. The van der Waals surface area contributed by atoms with Crippen LogP contribution in [0.2, 0.25) is 0 Å². The van der Waals surface area contributed by atoms with Crippen LogP contribution in [0.25, 0.3) is 6.08 Å². The van der Waals surface area contributed by atoms with Crippen molar-refractivity contribution in [3.8, 4) is 0 Å². The molecule has 0 fully saturated rings. The highest BCUT2D eigenvalue weighted by Gasteiger charge is 2.12. The molecule has 3 nitrogen and oxygen atoms in total. The maximum atomic E-state index is 10.8. The summed E-state index contributed by atoms with van der Waals surface area (Å²) in [6.45, 7) is 2.44. The molecule has 1 aromatic carbocycles. The van der Waals surface area contributed by atoms with Gasteiger partial charge in [-0.1, -0.05) is 36.4 Å². The van der Waals surface area contributed by atoms with Crippen molar-refractivity contribution in [1.82, 2.24) is 0 Å². The van der Waals surface area contributed by atoms with Crippen LogP contribution in [0.5, 0.6) is 0 Å². The molecule has 1 unspecified atom stereocenters. The Labute approximate surface area is 108 Å². The Kier molecular flexibility index (Phi) is 6.15. The van der Waals surface area contributed by atoms with E-state index < -0.39 is 11.9 Å². The van der Waals surface area contributed by atoms with Crippen molar-refractivity contribution in [2.24, 2.45) is 5.73 Å².